The molecule has 0 aliphatic carbocycles. The van der Waals surface area contributed by atoms with Crippen molar-refractivity contribution in [1.82, 2.24) is 0 Å². The number of carbonyl (C=O) groups is 1. The van der Waals surface area contributed by atoms with E-state index in [1.165, 1.54) is 12.8 Å². The number of anilines is 1. The van der Waals surface area contributed by atoms with E-state index < -0.39 is 5.97 Å². The summed E-state index contributed by atoms with van der Waals surface area (Å²) in [6.07, 6.45) is 4.10. The number of benzene rings is 1. The molecule has 120 valence electrons. The van der Waals surface area contributed by atoms with E-state index >= 15 is 0 Å². The van der Waals surface area contributed by atoms with Crippen molar-refractivity contribution in [2.75, 3.05) is 18.0 Å². The van der Waals surface area contributed by atoms with E-state index in [9.17, 15) is 4.79 Å². The van der Waals surface area contributed by atoms with E-state index in [4.69, 9.17) is 9.52 Å². The molecule has 0 radical (unpaired) electrons. The van der Waals surface area contributed by atoms with E-state index in [1.54, 1.807) is 30.5 Å². The Bertz CT molecular complexity index is 716. The van der Waals surface area contributed by atoms with E-state index in [1.807, 2.05) is 6.07 Å². The number of carboxylic acid groups (broad SMARTS) is 1. The molecule has 0 spiro atoms. The van der Waals surface area contributed by atoms with Crippen LogP contribution in [0.3, 0.4) is 0 Å². The van der Waals surface area contributed by atoms with Gasteiger partial charge in [-0.3, -0.25) is 4.99 Å². The lowest BCUT2D eigenvalue weighted by molar-refractivity contribution is 0.0697. The van der Waals surface area contributed by atoms with Crippen molar-refractivity contribution in [2.24, 2.45) is 4.99 Å². The summed E-state index contributed by atoms with van der Waals surface area (Å²) < 4.78 is 6.79. The molecule has 1 aliphatic heterocycles. The highest BCUT2D eigenvalue weighted by molar-refractivity contribution is 9.10. The minimum Gasteiger partial charge on any atom is -0.478 e. The Morgan fingerprint density at radius 1 is 1.30 bits per heavy atom. The van der Waals surface area contributed by atoms with Crippen LogP contribution in [0.15, 0.2) is 44.2 Å². The zero-order valence-electron chi connectivity index (χ0n) is 12.5. The van der Waals surface area contributed by atoms with Crippen molar-refractivity contribution in [3.63, 3.8) is 0 Å². The predicted molar refractivity (Wildman–Crippen MR) is 92.6 cm³/mol. The SMILES string of the molecule is O=C(O)c1ccc(CN=Cc2cc(Br)c(N3CCCC3)o2)cc1. The molecule has 0 bridgehead atoms. The Morgan fingerprint density at radius 3 is 2.65 bits per heavy atom. The number of carboxylic acids is 1. The quantitative estimate of drug-likeness (QED) is 0.801. The minimum atomic E-state index is -0.921. The molecule has 0 unspecified atom stereocenters. The van der Waals surface area contributed by atoms with Crippen molar-refractivity contribution in [2.45, 2.75) is 19.4 Å². The van der Waals surface area contributed by atoms with Crippen LogP contribution >= 0.6 is 15.9 Å². The van der Waals surface area contributed by atoms with E-state index in [0.717, 1.165) is 29.0 Å². The maximum absolute atomic E-state index is 10.8. The molecular formula is C17H17BrN2O3. The van der Waals surface area contributed by atoms with Gasteiger partial charge in [-0.05, 0) is 46.5 Å². The molecule has 0 atom stereocenters. The molecule has 1 aromatic carbocycles. The number of aliphatic imine (C=N–C) groups is 1. The summed E-state index contributed by atoms with van der Waals surface area (Å²) in [6.45, 7) is 2.54. The average Bonchev–Trinajstić information content (AvgIpc) is 3.17. The molecule has 1 fully saturated rings. The first kappa shape index (κ1) is 15.8. The van der Waals surface area contributed by atoms with Crippen LogP contribution in [0.5, 0.6) is 0 Å². The number of nitrogens with zero attached hydrogens (tertiary/aromatic N) is 2. The number of halogens is 1. The highest BCUT2D eigenvalue weighted by atomic mass is 79.9. The van der Waals surface area contributed by atoms with Crippen molar-refractivity contribution in [3.8, 4) is 0 Å². The fourth-order valence-electron chi connectivity index (χ4n) is 2.57. The Balaban J connectivity index is 1.63. The fourth-order valence-corrected chi connectivity index (χ4v) is 3.13. The average molecular weight is 377 g/mol. The first-order valence-corrected chi connectivity index (χ1v) is 8.29. The molecule has 3 rings (SSSR count). The normalized spacial score (nSPS) is 14.7. The maximum atomic E-state index is 10.8. The van der Waals surface area contributed by atoms with Crippen molar-refractivity contribution < 1.29 is 14.3 Å². The number of furan rings is 1. The van der Waals surface area contributed by atoms with Crippen LogP contribution in [0.1, 0.15) is 34.5 Å². The first-order chi connectivity index (χ1) is 11.1. The number of hydrogen-bond donors (Lipinski definition) is 1. The highest BCUT2D eigenvalue weighted by Crippen LogP contribution is 2.31. The lowest BCUT2D eigenvalue weighted by Gasteiger charge is -2.13. The van der Waals surface area contributed by atoms with Gasteiger partial charge in [0.1, 0.15) is 5.76 Å². The standard InChI is InChI=1S/C17H17BrN2O3/c18-15-9-14(23-16(15)20-7-1-2-8-20)11-19-10-12-3-5-13(6-4-12)17(21)22/h3-6,9,11H,1-2,7-8,10H2,(H,21,22). The predicted octanol–water partition coefficient (Wildman–Crippen LogP) is 3.96. The van der Waals surface area contributed by atoms with Gasteiger partial charge < -0.3 is 14.4 Å². The molecule has 5 nitrogen and oxygen atoms in total. The van der Waals surface area contributed by atoms with Crippen LogP contribution in [0.2, 0.25) is 0 Å². The smallest absolute Gasteiger partial charge is 0.335 e. The molecule has 2 aromatic rings. The molecule has 1 saturated heterocycles. The van der Waals surface area contributed by atoms with Crippen molar-refractivity contribution in [1.29, 1.82) is 0 Å². The van der Waals surface area contributed by atoms with Crippen LogP contribution in [0, 0.1) is 0 Å². The first-order valence-electron chi connectivity index (χ1n) is 7.50. The Morgan fingerprint density at radius 2 is 2.00 bits per heavy atom. The van der Waals surface area contributed by atoms with Crippen LogP contribution in [0.4, 0.5) is 5.88 Å². The van der Waals surface area contributed by atoms with Gasteiger partial charge in [0.2, 0.25) is 5.88 Å². The molecule has 23 heavy (non-hydrogen) atoms. The monoisotopic (exact) mass is 376 g/mol. The number of aromatic carboxylic acids is 1. The summed E-state index contributed by atoms with van der Waals surface area (Å²) in [7, 11) is 0. The molecular weight excluding hydrogens is 360 g/mol. The van der Waals surface area contributed by atoms with Crippen LogP contribution in [-0.4, -0.2) is 30.4 Å². The second-order valence-corrected chi connectivity index (χ2v) is 6.32. The molecule has 1 aromatic heterocycles. The second-order valence-electron chi connectivity index (χ2n) is 5.47. The minimum absolute atomic E-state index is 0.281. The van der Waals surface area contributed by atoms with Gasteiger partial charge in [-0.15, -0.1) is 0 Å². The maximum Gasteiger partial charge on any atom is 0.335 e. The van der Waals surface area contributed by atoms with Gasteiger partial charge >= 0.3 is 5.97 Å². The van der Waals surface area contributed by atoms with Gasteiger partial charge in [-0.25, -0.2) is 4.79 Å². The van der Waals surface area contributed by atoms with Gasteiger partial charge in [-0.2, -0.15) is 0 Å². The Kier molecular flexibility index (Phi) is 4.81. The highest BCUT2D eigenvalue weighted by Gasteiger charge is 2.19. The lowest BCUT2D eigenvalue weighted by Crippen LogP contribution is -2.17. The molecule has 0 saturated carbocycles. The topological polar surface area (TPSA) is 66.0 Å². The van der Waals surface area contributed by atoms with Gasteiger partial charge in [0.05, 0.1) is 22.8 Å². The Hall–Kier alpha value is -2.08. The largest absolute Gasteiger partial charge is 0.478 e. The third kappa shape index (κ3) is 3.82. The van der Waals surface area contributed by atoms with Crippen LogP contribution in [-0.2, 0) is 6.54 Å². The van der Waals surface area contributed by atoms with E-state index in [-0.39, 0.29) is 5.56 Å². The summed E-state index contributed by atoms with van der Waals surface area (Å²) in [5.74, 6) is 0.658. The third-order valence-electron chi connectivity index (χ3n) is 3.77. The number of rotatable bonds is 5. The summed E-state index contributed by atoms with van der Waals surface area (Å²) in [6, 6.07) is 8.64. The zero-order chi connectivity index (χ0) is 16.2. The van der Waals surface area contributed by atoms with Crippen LogP contribution < -0.4 is 4.90 Å². The summed E-state index contributed by atoms with van der Waals surface area (Å²) in [4.78, 5) is 17.4. The lowest BCUT2D eigenvalue weighted by atomic mass is 10.1. The second kappa shape index (κ2) is 7.00. The summed E-state index contributed by atoms with van der Waals surface area (Å²) in [5, 5.41) is 8.87. The summed E-state index contributed by atoms with van der Waals surface area (Å²) in [5.41, 5.74) is 1.24. The van der Waals surface area contributed by atoms with Gasteiger partial charge in [0, 0.05) is 19.2 Å². The Labute approximate surface area is 142 Å². The molecule has 6 heteroatoms. The van der Waals surface area contributed by atoms with Crippen molar-refractivity contribution in [3.05, 3.63) is 51.7 Å². The van der Waals surface area contributed by atoms with E-state index in [2.05, 4.69) is 25.8 Å². The van der Waals surface area contributed by atoms with Crippen LogP contribution in [0.25, 0.3) is 0 Å². The molecule has 2 heterocycles. The van der Waals surface area contributed by atoms with Gasteiger partial charge in [0.25, 0.3) is 0 Å². The fraction of sp³-hybridized carbons (Fsp3) is 0.294. The van der Waals surface area contributed by atoms with Gasteiger partial charge in [0.15, 0.2) is 0 Å². The number of hydrogen-bond acceptors (Lipinski definition) is 4. The zero-order valence-corrected chi connectivity index (χ0v) is 14.1. The summed E-state index contributed by atoms with van der Waals surface area (Å²) >= 11 is 3.53. The van der Waals surface area contributed by atoms with Crippen molar-refractivity contribution >= 4 is 34.0 Å². The molecule has 1 aliphatic rings. The van der Waals surface area contributed by atoms with Gasteiger partial charge in [-0.1, -0.05) is 12.1 Å². The molecule has 0 amide bonds. The van der Waals surface area contributed by atoms with E-state index in [0.29, 0.717) is 12.3 Å². The molecule has 1 N–H and O–H groups in total. The third-order valence-corrected chi connectivity index (χ3v) is 4.34.